The predicted octanol–water partition coefficient (Wildman–Crippen LogP) is 4.41. The van der Waals surface area contributed by atoms with Gasteiger partial charge in [-0.25, -0.2) is 12.8 Å². The van der Waals surface area contributed by atoms with Gasteiger partial charge in [0.05, 0.1) is 5.56 Å². The van der Waals surface area contributed by atoms with Crippen LogP contribution in [0.4, 0.5) is 23.2 Å². The average molecular weight is 398 g/mol. The van der Waals surface area contributed by atoms with Crippen LogP contribution in [-0.2, 0) is 16.2 Å². The lowest BCUT2D eigenvalue weighted by atomic mass is 10.2. The standard InChI is InChI=1S/C13H8BrF4NO2S/c14-10-6-5-8(7-9(10)13(16,17)18)19-22(20,21)12-4-2-1-3-11(12)15/h1-7,19H. The Kier molecular flexibility index (Phi) is 4.48. The van der Waals surface area contributed by atoms with E-state index >= 15 is 0 Å². The zero-order valence-electron chi connectivity index (χ0n) is 10.7. The van der Waals surface area contributed by atoms with E-state index in [-0.39, 0.29) is 10.2 Å². The fraction of sp³-hybridized carbons (Fsp3) is 0.0769. The van der Waals surface area contributed by atoms with Crippen molar-refractivity contribution in [1.29, 1.82) is 0 Å². The molecule has 22 heavy (non-hydrogen) atoms. The van der Waals surface area contributed by atoms with Gasteiger partial charge in [0.25, 0.3) is 10.0 Å². The van der Waals surface area contributed by atoms with Crippen LogP contribution in [0.3, 0.4) is 0 Å². The molecule has 9 heteroatoms. The molecule has 0 saturated carbocycles. The lowest BCUT2D eigenvalue weighted by Crippen LogP contribution is -2.15. The molecule has 3 nitrogen and oxygen atoms in total. The maximum atomic E-state index is 13.5. The zero-order valence-corrected chi connectivity index (χ0v) is 13.1. The molecule has 118 valence electrons. The van der Waals surface area contributed by atoms with Crippen LogP contribution >= 0.6 is 15.9 Å². The van der Waals surface area contributed by atoms with Gasteiger partial charge in [0, 0.05) is 10.2 Å². The summed E-state index contributed by atoms with van der Waals surface area (Å²) >= 11 is 2.75. The van der Waals surface area contributed by atoms with E-state index in [1.54, 1.807) is 0 Å². The zero-order chi connectivity index (χ0) is 16.5. The van der Waals surface area contributed by atoms with Gasteiger partial charge in [-0.15, -0.1) is 0 Å². The summed E-state index contributed by atoms with van der Waals surface area (Å²) in [5, 5.41) is 0. The van der Waals surface area contributed by atoms with Crippen molar-refractivity contribution in [2.75, 3.05) is 4.72 Å². The number of hydrogen-bond acceptors (Lipinski definition) is 2. The lowest BCUT2D eigenvalue weighted by Gasteiger charge is -2.13. The fourth-order valence-electron chi connectivity index (χ4n) is 1.68. The quantitative estimate of drug-likeness (QED) is 0.779. The molecule has 0 heterocycles. The van der Waals surface area contributed by atoms with Gasteiger partial charge in [0.1, 0.15) is 10.7 Å². The van der Waals surface area contributed by atoms with E-state index in [0.717, 1.165) is 24.3 Å². The van der Waals surface area contributed by atoms with Crippen molar-refractivity contribution in [3.05, 3.63) is 58.3 Å². The highest BCUT2D eigenvalue weighted by atomic mass is 79.9. The molecular weight excluding hydrogens is 390 g/mol. The van der Waals surface area contributed by atoms with Crippen molar-refractivity contribution >= 4 is 31.6 Å². The number of hydrogen-bond donors (Lipinski definition) is 1. The number of halogens is 5. The van der Waals surface area contributed by atoms with Crippen LogP contribution in [0.5, 0.6) is 0 Å². The summed E-state index contributed by atoms with van der Waals surface area (Å²) < 4.78 is 77.6. The Balaban J connectivity index is 2.41. The number of benzene rings is 2. The molecule has 2 aromatic rings. The molecule has 0 aromatic heterocycles. The number of anilines is 1. The molecule has 0 unspecified atom stereocenters. The minimum absolute atomic E-state index is 0.228. The first-order valence-electron chi connectivity index (χ1n) is 5.75. The van der Waals surface area contributed by atoms with Crippen molar-refractivity contribution < 1.29 is 26.0 Å². The molecule has 0 spiro atoms. The van der Waals surface area contributed by atoms with Crippen LogP contribution < -0.4 is 4.72 Å². The molecule has 0 saturated heterocycles. The van der Waals surface area contributed by atoms with Crippen molar-refractivity contribution in [3.63, 3.8) is 0 Å². The molecule has 0 atom stereocenters. The molecule has 0 aliphatic carbocycles. The SMILES string of the molecule is O=S(=O)(Nc1ccc(Br)c(C(F)(F)F)c1)c1ccccc1F. The van der Waals surface area contributed by atoms with E-state index < -0.39 is 32.5 Å². The Morgan fingerprint density at radius 2 is 1.68 bits per heavy atom. The summed E-state index contributed by atoms with van der Waals surface area (Å²) in [7, 11) is -4.33. The fourth-order valence-corrected chi connectivity index (χ4v) is 3.28. The van der Waals surface area contributed by atoms with E-state index in [1.807, 2.05) is 4.72 Å². The summed E-state index contributed by atoms with van der Waals surface area (Å²) in [4.78, 5) is -0.647. The summed E-state index contributed by atoms with van der Waals surface area (Å²) in [6.07, 6.45) is -4.65. The smallest absolute Gasteiger partial charge is 0.280 e. The van der Waals surface area contributed by atoms with Gasteiger partial charge < -0.3 is 0 Å². The van der Waals surface area contributed by atoms with Crippen molar-refractivity contribution in [3.8, 4) is 0 Å². The largest absolute Gasteiger partial charge is 0.417 e. The first-order chi connectivity index (χ1) is 10.1. The minimum Gasteiger partial charge on any atom is -0.280 e. The number of nitrogens with one attached hydrogen (secondary N) is 1. The molecule has 0 bridgehead atoms. The third-order valence-electron chi connectivity index (χ3n) is 2.65. The van der Waals surface area contributed by atoms with E-state index in [9.17, 15) is 26.0 Å². The van der Waals surface area contributed by atoms with E-state index in [0.29, 0.717) is 6.07 Å². The highest BCUT2D eigenvalue weighted by molar-refractivity contribution is 9.10. The molecule has 0 amide bonds. The first kappa shape index (κ1) is 16.8. The Hall–Kier alpha value is -1.61. The van der Waals surface area contributed by atoms with Gasteiger partial charge in [-0.05, 0) is 30.3 Å². The molecular formula is C13H8BrF4NO2S. The number of alkyl halides is 3. The van der Waals surface area contributed by atoms with E-state index in [4.69, 9.17) is 0 Å². The van der Waals surface area contributed by atoms with Crippen molar-refractivity contribution in [1.82, 2.24) is 0 Å². The summed E-state index contributed by atoms with van der Waals surface area (Å²) in [5.74, 6) is -0.997. The molecule has 2 rings (SSSR count). The number of sulfonamides is 1. The maximum absolute atomic E-state index is 13.5. The van der Waals surface area contributed by atoms with Crippen molar-refractivity contribution in [2.45, 2.75) is 11.1 Å². The van der Waals surface area contributed by atoms with Gasteiger partial charge in [-0.2, -0.15) is 13.2 Å². The maximum Gasteiger partial charge on any atom is 0.417 e. The summed E-state index contributed by atoms with van der Waals surface area (Å²) in [6, 6.07) is 7.39. The Bertz CT molecular complexity index is 806. The second-order valence-electron chi connectivity index (χ2n) is 4.23. The molecule has 1 N–H and O–H groups in total. The van der Waals surface area contributed by atoms with Crippen LogP contribution in [-0.4, -0.2) is 8.42 Å². The molecule has 0 fully saturated rings. The highest BCUT2D eigenvalue weighted by Crippen LogP contribution is 2.36. The highest BCUT2D eigenvalue weighted by Gasteiger charge is 2.33. The van der Waals surface area contributed by atoms with E-state index in [1.165, 1.54) is 12.1 Å². The van der Waals surface area contributed by atoms with Gasteiger partial charge in [0.2, 0.25) is 0 Å². The second-order valence-corrected chi connectivity index (χ2v) is 6.73. The van der Waals surface area contributed by atoms with Crippen molar-refractivity contribution in [2.24, 2.45) is 0 Å². The average Bonchev–Trinajstić information content (AvgIpc) is 2.39. The lowest BCUT2D eigenvalue weighted by molar-refractivity contribution is -0.138. The van der Waals surface area contributed by atoms with Gasteiger partial charge in [-0.3, -0.25) is 4.72 Å². The monoisotopic (exact) mass is 397 g/mol. The normalized spacial score (nSPS) is 12.2. The molecule has 0 aliphatic rings. The topological polar surface area (TPSA) is 46.2 Å². The summed E-state index contributed by atoms with van der Waals surface area (Å²) in [5.41, 5.74) is -1.36. The van der Waals surface area contributed by atoms with Crippen LogP contribution in [0.15, 0.2) is 51.8 Å². The Labute approximate surface area is 132 Å². The minimum atomic E-state index is -4.65. The first-order valence-corrected chi connectivity index (χ1v) is 8.03. The molecule has 2 aromatic carbocycles. The van der Waals surface area contributed by atoms with Crippen LogP contribution in [0.2, 0.25) is 0 Å². The Morgan fingerprint density at radius 1 is 1.05 bits per heavy atom. The van der Waals surface area contributed by atoms with Gasteiger partial charge in [0.15, 0.2) is 0 Å². The molecule has 0 aliphatic heterocycles. The second kappa shape index (κ2) is 5.88. The predicted molar refractivity (Wildman–Crippen MR) is 76.4 cm³/mol. The third kappa shape index (κ3) is 3.58. The van der Waals surface area contributed by atoms with Gasteiger partial charge in [-0.1, -0.05) is 28.1 Å². The van der Waals surface area contributed by atoms with E-state index in [2.05, 4.69) is 15.9 Å². The van der Waals surface area contributed by atoms with Crippen LogP contribution in [0, 0.1) is 5.82 Å². The van der Waals surface area contributed by atoms with Crippen LogP contribution in [0.1, 0.15) is 5.56 Å². The summed E-state index contributed by atoms with van der Waals surface area (Å²) in [6.45, 7) is 0. The Morgan fingerprint density at radius 3 is 2.27 bits per heavy atom. The van der Waals surface area contributed by atoms with Gasteiger partial charge >= 0.3 is 6.18 Å². The number of rotatable bonds is 3. The third-order valence-corrected chi connectivity index (χ3v) is 4.76. The molecule has 0 radical (unpaired) electrons. The van der Waals surface area contributed by atoms with Crippen LogP contribution in [0.25, 0.3) is 0 Å².